The zero-order valence-electron chi connectivity index (χ0n) is 22.3. The fourth-order valence-electron chi connectivity index (χ4n) is 5.50. The molecule has 2 amide bonds. The summed E-state index contributed by atoms with van der Waals surface area (Å²) in [4.78, 5) is 45.8. The number of aromatic carboxylic acids is 1. The predicted molar refractivity (Wildman–Crippen MR) is 147 cm³/mol. The molecule has 11 nitrogen and oxygen atoms in total. The van der Waals surface area contributed by atoms with Crippen LogP contribution in [0.1, 0.15) is 45.0 Å². The largest absolute Gasteiger partial charge is 0.478 e. The number of nitrogens with zero attached hydrogens (tertiary/aromatic N) is 4. The first-order valence-electron chi connectivity index (χ1n) is 13.7. The third-order valence-corrected chi connectivity index (χ3v) is 7.71. The highest BCUT2D eigenvalue weighted by Crippen LogP contribution is 2.27. The monoisotopic (exact) mass is 546 g/mol. The minimum atomic E-state index is -1.16. The SMILES string of the molecule is O=C(O)c1ccccc1C(=O)NCc1cc(C[C@H]2CNCC[C@H]2CC(=O)N2CCN(c3ccccn3)CC2)no1. The van der Waals surface area contributed by atoms with Crippen molar-refractivity contribution in [1.29, 1.82) is 0 Å². The van der Waals surface area contributed by atoms with Crippen LogP contribution in [0.15, 0.2) is 59.3 Å². The number of hydrogen-bond donors (Lipinski definition) is 3. The Morgan fingerprint density at radius 1 is 1.02 bits per heavy atom. The van der Waals surface area contributed by atoms with Crippen molar-refractivity contribution in [3.63, 3.8) is 0 Å². The van der Waals surface area contributed by atoms with Crippen molar-refractivity contribution in [2.45, 2.75) is 25.8 Å². The molecule has 2 aliphatic heterocycles. The fourth-order valence-corrected chi connectivity index (χ4v) is 5.50. The van der Waals surface area contributed by atoms with Gasteiger partial charge in [-0.25, -0.2) is 9.78 Å². The number of pyridine rings is 1. The minimum absolute atomic E-state index is 0.0567. The van der Waals surface area contributed by atoms with Gasteiger partial charge < -0.3 is 30.1 Å². The molecule has 0 bridgehead atoms. The van der Waals surface area contributed by atoms with E-state index in [4.69, 9.17) is 4.52 Å². The van der Waals surface area contributed by atoms with E-state index in [-0.39, 0.29) is 35.4 Å². The van der Waals surface area contributed by atoms with E-state index in [9.17, 15) is 19.5 Å². The summed E-state index contributed by atoms with van der Waals surface area (Å²) in [5, 5.41) is 19.7. The molecule has 4 heterocycles. The van der Waals surface area contributed by atoms with Crippen LogP contribution in [0.3, 0.4) is 0 Å². The van der Waals surface area contributed by atoms with Gasteiger partial charge in [0.2, 0.25) is 5.91 Å². The van der Waals surface area contributed by atoms with Crippen molar-refractivity contribution in [3.05, 3.63) is 77.3 Å². The van der Waals surface area contributed by atoms with Crippen molar-refractivity contribution in [3.8, 4) is 0 Å². The highest BCUT2D eigenvalue weighted by atomic mass is 16.5. The highest BCUT2D eigenvalue weighted by molar-refractivity contribution is 6.04. The van der Waals surface area contributed by atoms with E-state index in [1.165, 1.54) is 12.1 Å². The molecule has 2 aliphatic rings. The molecular formula is C29H34N6O5. The molecule has 210 valence electrons. The van der Waals surface area contributed by atoms with Crippen LogP contribution in [0, 0.1) is 11.8 Å². The maximum absolute atomic E-state index is 13.2. The number of carbonyl (C=O) groups is 3. The van der Waals surface area contributed by atoms with Gasteiger partial charge in [0.05, 0.1) is 23.4 Å². The fraction of sp³-hybridized carbons (Fsp3) is 0.414. The molecule has 40 heavy (non-hydrogen) atoms. The summed E-state index contributed by atoms with van der Waals surface area (Å²) in [5.41, 5.74) is 0.803. The average molecular weight is 547 g/mol. The number of nitrogens with one attached hydrogen (secondary N) is 2. The Bertz CT molecular complexity index is 1320. The summed E-state index contributed by atoms with van der Waals surface area (Å²) in [6.07, 6.45) is 3.89. The molecule has 3 N–H and O–H groups in total. The molecule has 11 heteroatoms. The summed E-state index contributed by atoms with van der Waals surface area (Å²) >= 11 is 0. The van der Waals surface area contributed by atoms with Gasteiger partial charge in [0.15, 0.2) is 5.76 Å². The molecule has 5 rings (SSSR count). The molecule has 3 aromatic rings. The molecule has 0 saturated carbocycles. The van der Waals surface area contributed by atoms with Gasteiger partial charge in [0, 0.05) is 44.9 Å². The van der Waals surface area contributed by atoms with E-state index in [0.717, 1.165) is 44.1 Å². The second-order valence-electron chi connectivity index (χ2n) is 10.3. The maximum atomic E-state index is 13.2. The first-order chi connectivity index (χ1) is 19.5. The van der Waals surface area contributed by atoms with Crippen molar-refractivity contribution in [1.82, 2.24) is 25.7 Å². The summed E-state index contributed by atoms with van der Waals surface area (Å²) in [5.74, 6) is 0.462. The quantitative estimate of drug-likeness (QED) is 0.368. The number of rotatable bonds is 9. The molecule has 0 spiro atoms. The Balaban J connectivity index is 1.12. The number of anilines is 1. The zero-order valence-corrected chi connectivity index (χ0v) is 22.3. The highest BCUT2D eigenvalue weighted by Gasteiger charge is 2.31. The van der Waals surface area contributed by atoms with E-state index in [1.54, 1.807) is 18.3 Å². The summed E-state index contributed by atoms with van der Waals surface area (Å²) in [7, 11) is 0. The lowest BCUT2D eigenvalue weighted by Crippen LogP contribution is -2.50. The Morgan fingerprint density at radius 2 is 1.80 bits per heavy atom. The molecule has 0 aliphatic carbocycles. The van der Waals surface area contributed by atoms with E-state index in [0.29, 0.717) is 31.7 Å². The molecule has 1 aromatic carbocycles. The van der Waals surface area contributed by atoms with Crippen LogP contribution in [0.5, 0.6) is 0 Å². The van der Waals surface area contributed by atoms with Crippen molar-refractivity contribution >= 4 is 23.6 Å². The number of piperazine rings is 1. The van der Waals surface area contributed by atoms with Crippen LogP contribution in [-0.2, 0) is 17.8 Å². The average Bonchev–Trinajstić information content (AvgIpc) is 3.44. The van der Waals surface area contributed by atoms with Gasteiger partial charge >= 0.3 is 5.97 Å². The number of aromatic nitrogens is 2. The Kier molecular flexibility index (Phi) is 8.70. The van der Waals surface area contributed by atoms with E-state index < -0.39 is 11.9 Å². The lowest BCUT2D eigenvalue weighted by Gasteiger charge is -2.37. The number of benzene rings is 1. The molecule has 2 fully saturated rings. The first-order valence-corrected chi connectivity index (χ1v) is 13.7. The lowest BCUT2D eigenvalue weighted by atomic mass is 9.81. The van der Waals surface area contributed by atoms with E-state index in [1.807, 2.05) is 29.2 Å². The number of carboxylic acid groups (broad SMARTS) is 1. The Labute approximate surface area is 232 Å². The normalized spacial score (nSPS) is 19.3. The van der Waals surface area contributed by atoms with Gasteiger partial charge in [-0.15, -0.1) is 0 Å². The van der Waals surface area contributed by atoms with Gasteiger partial charge in [-0.2, -0.15) is 0 Å². The van der Waals surface area contributed by atoms with Gasteiger partial charge in [-0.1, -0.05) is 23.4 Å². The molecule has 2 saturated heterocycles. The van der Waals surface area contributed by atoms with Crippen molar-refractivity contribution in [2.24, 2.45) is 11.8 Å². The zero-order chi connectivity index (χ0) is 27.9. The topological polar surface area (TPSA) is 141 Å². The summed E-state index contributed by atoms with van der Waals surface area (Å²) < 4.78 is 5.44. The van der Waals surface area contributed by atoms with E-state index in [2.05, 4.69) is 25.7 Å². The Hall–Kier alpha value is -4.25. The lowest BCUT2D eigenvalue weighted by molar-refractivity contribution is -0.133. The number of hydrogen-bond acceptors (Lipinski definition) is 8. The second-order valence-corrected chi connectivity index (χ2v) is 10.3. The third-order valence-electron chi connectivity index (χ3n) is 7.71. The van der Waals surface area contributed by atoms with Crippen LogP contribution in [-0.4, -0.2) is 77.2 Å². The molecular weight excluding hydrogens is 512 g/mol. The molecule has 0 radical (unpaired) electrons. The van der Waals surface area contributed by atoms with Crippen LogP contribution >= 0.6 is 0 Å². The van der Waals surface area contributed by atoms with Gasteiger partial charge in [-0.3, -0.25) is 9.59 Å². The van der Waals surface area contributed by atoms with Crippen LogP contribution < -0.4 is 15.5 Å². The molecule has 2 aromatic heterocycles. The minimum Gasteiger partial charge on any atom is -0.478 e. The number of piperidine rings is 1. The van der Waals surface area contributed by atoms with Crippen LogP contribution in [0.2, 0.25) is 0 Å². The predicted octanol–water partition coefficient (Wildman–Crippen LogP) is 2.20. The van der Waals surface area contributed by atoms with Gasteiger partial charge in [0.1, 0.15) is 5.82 Å². The maximum Gasteiger partial charge on any atom is 0.336 e. The van der Waals surface area contributed by atoms with Gasteiger partial charge in [0.25, 0.3) is 5.91 Å². The van der Waals surface area contributed by atoms with Crippen LogP contribution in [0.4, 0.5) is 5.82 Å². The number of carbonyl (C=O) groups excluding carboxylic acids is 2. The standard InChI is InChI=1S/C29H34N6O5/c36-27(35-13-11-34(12-14-35)26-7-3-4-9-31-26)16-20-8-10-30-18-21(20)15-22-17-23(40-33-22)19-32-28(37)24-5-1-2-6-25(24)29(38)39/h1-7,9,17,20-21,30H,8,10-16,18-19H2,(H,32,37)(H,38,39)/t20-,21-/m0/s1. The van der Waals surface area contributed by atoms with E-state index >= 15 is 0 Å². The molecule has 0 unspecified atom stereocenters. The Morgan fingerprint density at radius 3 is 2.55 bits per heavy atom. The smallest absolute Gasteiger partial charge is 0.336 e. The molecule has 2 atom stereocenters. The third kappa shape index (κ3) is 6.66. The van der Waals surface area contributed by atoms with Crippen LogP contribution in [0.25, 0.3) is 0 Å². The first kappa shape index (κ1) is 27.3. The van der Waals surface area contributed by atoms with Crippen molar-refractivity contribution < 1.29 is 24.0 Å². The number of carboxylic acids is 1. The summed E-state index contributed by atoms with van der Waals surface area (Å²) in [6, 6.07) is 13.8. The van der Waals surface area contributed by atoms with Gasteiger partial charge in [-0.05, 0) is 62.0 Å². The summed E-state index contributed by atoms with van der Waals surface area (Å²) in [6.45, 7) is 4.72. The van der Waals surface area contributed by atoms with Crippen molar-refractivity contribution in [2.75, 3.05) is 44.2 Å². The number of amides is 2. The second kappa shape index (κ2) is 12.7.